The van der Waals surface area contributed by atoms with E-state index in [1.165, 1.54) is 10.4 Å². The van der Waals surface area contributed by atoms with Gasteiger partial charge < -0.3 is 5.32 Å². The largest absolute Gasteiger partial charge is 0.310 e. The van der Waals surface area contributed by atoms with Crippen molar-refractivity contribution in [3.05, 3.63) is 29.3 Å². The van der Waals surface area contributed by atoms with Crippen molar-refractivity contribution >= 4 is 10.0 Å². The van der Waals surface area contributed by atoms with Crippen LogP contribution >= 0.6 is 0 Å². The molecule has 1 aliphatic heterocycles. The predicted molar refractivity (Wildman–Crippen MR) is 74.2 cm³/mol. The number of nitrogens with one attached hydrogen (secondary N) is 1. The maximum Gasteiger partial charge on any atom is 0.246 e. The second-order valence-electron chi connectivity index (χ2n) is 5.66. The van der Waals surface area contributed by atoms with Gasteiger partial charge in [-0.1, -0.05) is 0 Å². The minimum Gasteiger partial charge on any atom is -0.310 e. The average molecular weight is 316 g/mol. The lowest BCUT2D eigenvalue weighted by atomic mass is 10.2. The van der Waals surface area contributed by atoms with E-state index in [0.717, 1.165) is 31.7 Å². The lowest BCUT2D eigenvalue weighted by Gasteiger charge is -2.17. The van der Waals surface area contributed by atoms with Crippen LogP contribution in [0, 0.1) is 11.6 Å². The molecule has 1 aromatic carbocycles. The molecule has 0 atom stereocenters. The lowest BCUT2D eigenvalue weighted by molar-refractivity contribution is 0.452. The van der Waals surface area contributed by atoms with Crippen LogP contribution in [0.1, 0.15) is 31.2 Å². The van der Waals surface area contributed by atoms with Gasteiger partial charge in [-0.3, -0.25) is 0 Å². The minimum atomic E-state index is -3.95. The Morgan fingerprint density at radius 3 is 2.48 bits per heavy atom. The third-order valence-electron chi connectivity index (χ3n) is 3.91. The van der Waals surface area contributed by atoms with Crippen molar-refractivity contribution in [2.45, 2.75) is 43.2 Å². The molecule has 4 nitrogen and oxygen atoms in total. The van der Waals surface area contributed by atoms with Gasteiger partial charge in [0, 0.05) is 25.7 Å². The van der Waals surface area contributed by atoms with Gasteiger partial charge in [-0.15, -0.1) is 0 Å². The zero-order valence-electron chi connectivity index (χ0n) is 11.6. The highest BCUT2D eigenvalue weighted by Gasteiger charge is 2.31. The third-order valence-corrected chi connectivity index (χ3v) is 5.81. The van der Waals surface area contributed by atoms with Crippen molar-refractivity contribution in [2.75, 3.05) is 13.1 Å². The molecule has 2 aliphatic rings. The Bertz CT molecular complexity index is 639. The zero-order chi connectivity index (χ0) is 15.0. The Labute approximate surface area is 123 Å². The standard InChI is InChI=1S/C14H18F2N2O2S/c15-12-7-10(9-17-11-3-4-11)8-13(14(12)16)21(19,20)18-5-1-2-6-18/h7-8,11,17H,1-6,9H2. The molecule has 0 spiro atoms. The van der Waals surface area contributed by atoms with E-state index in [0.29, 0.717) is 31.2 Å². The van der Waals surface area contributed by atoms with Gasteiger partial charge in [0.15, 0.2) is 11.6 Å². The van der Waals surface area contributed by atoms with Crippen molar-refractivity contribution in [3.8, 4) is 0 Å². The van der Waals surface area contributed by atoms with E-state index >= 15 is 0 Å². The smallest absolute Gasteiger partial charge is 0.246 e. The Hall–Kier alpha value is -1.05. The second-order valence-corrected chi connectivity index (χ2v) is 7.56. The SMILES string of the molecule is O=S(=O)(c1cc(CNC2CC2)cc(F)c1F)N1CCCC1. The van der Waals surface area contributed by atoms with Gasteiger partial charge in [0.05, 0.1) is 0 Å². The molecule has 1 aliphatic carbocycles. The van der Waals surface area contributed by atoms with Crippen molar-refractivity contribution in [1.82, 2.24) is 9.62 Å². The van der Waals surface area contributed by atoms with E-state index in [2.05, 4.69) is 5.32 Å². The zero-order valence-corrected chi connectivity index (χ0v) is 12.4. The van der Waals surface area contributed by atoms with Crippen molar-refractivity contribution in [1.29, 1.82) is 0 Å². The Morgan fingerprint density at radius 1 is 1.19 bits per heavy atom. The molecule has 2 fully saturated rings. The van der Waals surface area contributed by atoms with E-state index in [1.807, 2.05) is 0 Å². The summed E-state index contributed by atoms with van der Waals surface area (Å²) < 4.78 is 53.7. The third kappa shape index (κ3) is 3.09. The van der Waals surface area contributed by atoms with Crippen LogP contribution in [0.4, 0.5) is 8.78 Å². The molecular formula is C14H18F2N2O2S. The molecule has 116 valence electrons. The van der Waals surface area contributed by atoms with Crippen LogP contribution in [0.15, 0.2) is 17.0 Å². The number of rotatable bonds is 5. The fourth-order valence-corrected chi connectivity index (χ4v) is 4.17. The topological polar surface area (TPSA) is 49.4 Å². The molecule has 21 heavy (non-hydrogen) atoms. The highest BCUT2D eigenvalue weighted by molar-refractivity contribution is 7.89. The number of sulfonamides is 1. The summed E-state index contributed by atoms with van der Waals surface area (Å²) in [6.07, 6.45) is 3.66. The van der Waals surface area contributed by atoms with Gasteiger partial charge in [-0.05, 0) is 43.4 Å². The van der Waals surface area contributed by atoms with Gasteiger partial charge in [0.2, 0.25) is 10.0 Å². The van der Waals surface area contributed by atoms with Crippen LogP contribution in [0.5, 0.6) is 0 Å². The number of hydrogen-bond donors (Lipinski definition) is 1. The Kier molecular flexibility index (Phi) is 3.98. The van der Waals surface area contributed by atoms with E-state index < -0.39 is 26.6 Å². The first-order valence-corrected chi connectivity index (χ1v) is 8.64. The summed E-state index contributed by atoms with van der Waals surface area (Å²) in [5.74, 6) is -2.39. The number of halogens is 2. The summed E-state index contributed by atoms with van der Waals surface area (Å²) in [4.78, 5) is -0.544. The molecule has 0 amide bonds. The first kappa shape index (κ1) is 14.9. The maximum atomic E-state index is 13.9. The molecule has 1 aromatic rings. The molecule has 3 rings (SSSR count). The van der Waals surface area contributed by atoms with Crippen LogP contribution in [0.3, 0.4) is 0 Å². The van der Waals surface area contributed by atoms with Crippen molar-refractivity contribution < 1.29 is 17.2 Å². The van der Waals surface area contributed by atoms with Gasteiger partial charge in [-0.25, -0.2) is 17.2 Å². The molecule has 0 radical (unpaired) electrons. The summed E-state index contributed by atoms with van der Waals surface area (Å²) in [5.41, 5.74) is 0.457. The first-order chi connectivity index (χ1) is 9.98. The molecule has 0 aromatic heterocycles. The molecule has 1 N–H and O–H groups in total. The highest BCUT2D eigenvalue weighted by atomic mass is 32.2. The maximum absolute atomic E-state index is 13.9. The molecule has 1 saturated heterocycles. The van der Waals surface area contributed by atoms with Crippen molar-refractivity contribution in [2.24, 2.45) is 0 Å². The van der Waals surface area contributed by atoms with Gasteiger partial charge in [-0.2, -0.15) is 4.31 Å². The van der Waals surface area contributed by atoms with E-state index in [9.17, 15) is 17.2 Å². The molecule has 1 saturated carbocycles. The number of hydrogen-bond acceptors (Lipinski definition) is 3. The van der Waals surface area contributed by atoms with E-state index in [1.54, 1.807) is 0 Å². The average Bonchev–Trinajstić information content (AvgIpc) is 3.10. The summed E-state index contributed by atoms with van der Waals surface area (Å²) in [6, 6.07) is 2.73. The molecule has 1 heterocycles. The second kappa shape index (κ2) is 5.62. The van der Waals surface area contributed by atoms with Crippen LogP contribution in [0.25, 0.3) is 0 Å². The number of benzene rings is 1. The van der Waals surface area contributed by atoms with Gasteiger partial charge in [0.25, 0.3) is 0 Å². The normalized spacial score (nSPS) is 20.1. The molecule has 0 unspecified atom stereocenters. The fourth-order valence-electron chi connectivity index (χ4n) is 2.52. The van der Waals surface area contributed by atoms with E-state index in [4.69, 9.17) is 0 Å². The van der Waals surface area contributed by atoms with E-state index in [-0.39, 0.29) is 0 Å². The van der Waals surface area contributed by atoms with Crippen LogP contribution < -0.4 is 5.32 Å². The van der Waals surface area contributed by atoms with Crippen LogP contribution in [-0.2, 0) is 16.6 Å². The minimum absolute atomic E-state index is 0.352. The summed E-state index contributed by atoms with van der Waals surface area (Å²) in [7, 11) is -3.95. The fraction of sp³-hybridized carbons (Fsp3) is 0.571. The van der Waals surface area contributed by atoms with Crippen molar-refractivity contribution in [3.63, 3.8) is 0 Å². The summed E-state index contributed by atoms with van der Waals surface area (Å²) in [6.45, 7) is 1.09. The molecule has 7 heteroatoms. The Balaban J connectivity index is 1.91. The van der Waals surface area contributed by atoms with Crippen LogP contribution in [-0.4, -0.2) is 31.9 Å². The van der Waals surface area contributed by atoms with Crippen LogP contribution in [0.2, 0.25) is 0 Å². The summed E-state index contributed by atoms with van der Waals surface area (Å²) >= 11 is 0. The monoisotopic (exact) mass is 316 g/mol. The lowest BCUT2D eigenvalue weighted by Crippen LogP contribution is -2.29. The quantitative estimate of drug-likeness (QED) is 0.904. The van der Waals surface area contributed by atoms with Gasteiger partial charge >= 0.3 is 0 Å². The summed E-state index contributed by atoms with van der Waals surface area (Å²) in [5, 5.41) is 3.17. The first-order valence-electron chi connectivity index (χ1n) is 7.20. The Morgan fingerprint density at radius 2 is 1.86 bits per heavy atom. The predicted octanol–water partition coefficient (Wildman–Crippen LogP) is 2.00. The van der Waals surface area contributed by atoms with Gasteiger partial charge in [0.1, 0.15) is 4.90 Å². The number of nitrogens with zero attached hydrogens (tertiary/aromatic N) is 1. The molecular weight excluding hydrogens is 298 g/mol. The highest BCUT2D eigenvalue weighted by Crippen LogP contribution is 2.26. The molecule has 0 bridgehead atoms.